The second-order valence-electron chi connectivity index (χ2n) is 9.61. The Kier molecular flexibility index (Phi) is 6.22. The monoisotopic (exact) mass is 322 g/mol. The van der Waals surface area contributed by atoms with Crippen LogP contribution in [0.2, 0.25) is 0 Å². The number of rotatable bonds is 4. The van der Waals surface area contributed by atoms with Gasteiger partial charge in [0.1, 0.15) is 0 Å². The number of hydrogen-bond acceptors (Lipinski definition) is 2. The van der Waals surface area contributed by atoms with Gasteiger partial charge >= 0.3 is 0 Å². The van der Waals surface area contributed by atoms with Gasteiger partial charge in [0, 0.05) is 12.1 Å². The lowest BCUT2D eigenvalue weighted by atomic mass is 9.48. The van der Waals surface area contributed by atoms with Gasteiger partial charge in [-0.05, 0) is 79.4 Å². The van der Waals surface area contributed by atoms with E-state index in [1.807, 2.05) is 0 Å². The maximum atomic E-state index is 6.34. The van der Waals surface area contributed by atoms with E-state index in [-0.39, 0.29) is 0 Å². The molecule has 6 atom stereocenters. The number of hydrogen-bond donors (Lipinski definition) is 2. The van der Waals surface area contributed by atoms with Crippen LogP contribution in [0, 0.1) is 40.9 Å². The van der Waals surface area contributed by atoms with Crippen LogP contribution < -0.4 is 11.5 Å². The first-order chi connectivity index (χ1) is 10.7. The van der Waals surface area contributed by atoms with Gasteiger partial charge < -0.3 is 11.5 Å². The molecule has 23 heavy (non-hydrogen) atoms. The van der Waals surface area contributed by atoms with Crippen molar-refractivity contribution in [3.8, 4) is 0 Å². The van der Waals surface area contributed by atoms with Crippen molar-refractivity contribution in [1.29, 1.82) is 0 Å². The van der Waals surface area contributed by atoms with Crippen molar-refractivity contribution in [1.82, 2.24) is 0 Å². The summed E-state index contributed by atoms with van der Waals surface area (Å²) in [5.41, 5.74) is 13.1. The van der Waals surface area contributed by atoms with E-state index >= 15 is 0 Å². The minimum Gasteiger partial charge on any atom is -0.327 e. The maximum Gasteiger partial charge on any atom is 0.00647 e. The molecule has 0 aliphatic heterocycles. The lowest BCUT2D eigenvalue weighted by Crippen LogP contribution is -2.53. The second kappa shape index (κ2) is 7.44. The Morgan fingerprint density at radius 2 is 1.04 bits per heavy atom. The number of nitrogens with two attached hydrogens (primary N) is 2. The first-order valence-electron chi connectivity index (χ1n) is 10.2. The molecule has 0 saturated heterocycles. The molecule has 6 unspecified atom stereocenters. The Hall–Kier alpha value is -0.0800. The van der Waals surface area contributed by atoms with Crippen LogP contribution in [-0.4, -0.2) is 12.1 Å². The van der Waals surface area contributed by atoms with Crippen LogP contribution in [0.4, 0.5) is 0 Å². The van der Waals surface area contributed by atoms with Crippen molar-refractivity contribution >= 4 is 0 Å². The molecule has 0 aromatic heterocycles. The van der Waals surface area contributed by atoms with E-state index in [1.54, 1.807) is 0 Å². The summed E-state index contributed by atoms with van der Waals surface area (Å²) in [5.74, 6) is 4.50. The minimum absolute atomic E-state index is 0.418. The van der Waals surface area contributed by atoms with Crippen LogP contribution in [0.3, 0.4) is 0 Å². The quantitative estimate of drug-likeness (QED) is 0.780. The molecular formula is C21H42N2. The molecule has 2 aliphatic carbocycles. The lowest BCUT2D eigenvalue weighted by Gasteiger charge is -2.57. The predicted octanol–water partition coefficient (Wildman–Crippen LogP) is 4.81. The van der Waals surface area contributed by atoms with Crippen LogP contribution in [0.15, 0.2) is 0 Å². The summed E-state index contributed by atoms with van der Waals surface area (Å²) in [5, 5.41) is 0. The highest BCUT2D eigenvalue weighted by atomic mass is 14.7. The van der Waals surface area contributed by atoms with E-state index in [4.69, 9.17) is 11.5 Å². The summed E-state index contributed by atoms with van der Waals surface area (Å²) in [6.45, 7) is 14.7. The van der Waals surface area contributed by atoms with E-state index < -0.39 is 0 Å². The van der Waals surface area contributed by atoms with Gasteiger partial charge in [0.25, 0.3) is 0 Å². The smallest absolute Gasteiger partial charge is 0.00647 e. The fraction of sp³-hybridized carbons (Fsp3) is 1.00. The third-order valence-corrected chi connectivity index (χ3v) is 7.89. The van der Waals surface area contributed by atoms with Crippen molar-refractivity contribution in [3.05, 3.63) is 0 Å². The fourth-order valence-corrected chi connectivity index (χ4v) is 6.63. The first kappa shape index (κ1) is 19.2. The molecule has 0 amide bonds. The highest BCUT2D eigenvalue weighted by molar-refractivity contribution is 5.01. The Bertz CT molecular complexity index is 340. The molecule has 0 heterocycles. The van der Waals surface area contributed by atoms with Crippen LogP contribution in [0.5, 0.6) is 0 Å². The van der Waals surface area contributed by atoms with Gasteiger partial charge in [0.15, 0.2) is 0 Å². The van der Waals surface area contributed by atoms with Crippen molar-refractivity contribution in [3.63, 3.8) is 0 Å². The van der Waals surface area contributed by atoms with Gasteiger partial charge in [0.2, 0.25) is 0 Å². The third kappa shape index (κ3) is 3.49. The van der Waals surface area contributed by atoms with Crippen LogP contribution in [0.25, 0.3) is 0 Å². The molecule has 0 aromatic carbocycles. The molecular weight excluding hydrogens is 280 g/mol. The summed E-state index contributed by atoms with van der Waals surface area (Å²) < 4.78 is 0. The van der Waals surface area contributed by atoms with Crippen molar-refractivity contribution in [2.45, 2.75) is 92.2 Å². The molecule has 2 fully saturated rings. The molecule has 2 saturated carbocycles. The van der Waals surface area contributed by atoms with Crippen LogP contribution in [-0.2, 0) is 0 Å². The SMILES string of the molecule is CC1CC(C(C(C)C)(C(C)C)C2CCC(N)C(C)C2)CCC1N. The third-order valence-electron chi connectivity index (χ3n) is 7.89. The summed E-state index contributed by atoms with van der Waals surface area (Å²) in [6.07, 6.45) is 7.75. The standard InChI is InChI=1S/C21H42N2/c1-13(2)21(14(3)4,17-7-9-19(22)15(5)11-17)18-8-10-20(23)16(6)12-18/h13-20H,7-12,22-23H2,1-6H3. The normalized spacial score (nSPS) is 39.9. The zero-order valence-electron chi connectivity index (χ0n) is 16.5. The molecule has 2 nitrogen and oxygen atoms in total. The second-order valence-corrected chi connectivity index (χ2v) is 9.61. The van der Waals surface area contributed by atoms with E-state index in [9.17, 15) is 0 Å². The lowest BCUT2D eigenvalue weighted by molar-refractivity contribution is -0.0787. The highest BCUT2D eigenvalue weighted by Crippen LogP contribution is 2.58. The summed E-state index contributed by atoms with van der Waals surface area (Å²) in [6, 6.07) is 0.837. The van der Waals surface area contributed by atoms with Gasteiger partial charge in [-0.2, -0.15) is 0 Å². The molecule has 4 N–H and O–H groups in total. The molecule has 2 rings (SSSR count). The zero-order chi connectivity index (χ0) is 17.4. The molecule has 0 bridgehead atoms. The summed E-state index contributed by atoms with van der Waals surface area (Å²) >= 11 is 0. The average Bonchev–Trinajstić information content (AvgIpc) is 2.46. The van der Waals surface area contributed by atoms with Gasteiger partial charge in [-0.15, -0.1) is 0 Å². The Morgan fingerprint density at radius 1 is 0.696 bits per heavy atom. The van der Waals surface area contributed by atoms with Crippen LogP contribution >= 0.6 is 0 Å². The molecule has 2 heteroatoms. The van der Waals surface area contributed by atoms with Crippen molar-refractivity contribution < 1.29 is 0 Å². The first-order valence-corrected chi connectivity index (χ1v) is 10.2. The Labute approximate surface area is 145 Å². The minimum atomic E-state index is 0.418. The fourth-order valence-electron chi connectivity index (χ4n) is 6.63. The molecule has 136 valence electrons. The summed E-state index contributed by atoms with van der Waals surface area (Å²) in [7, 11) is 0. The van der Waals surface area contributed by atoms with Crippen LogP contribution in [0.1, 0.15) is 80.1 Å². The van der Waals surface area contributed by atoms with E-state index in [1.165, 1.54) is 38.5 Å². The van der Waals surface area contributed by atoms with Crippen molar-refractivity contribution in [2.75, 3.05) is 0 Å². The Morgan fingerprint density at radius 3 is 1.30 bits per heavy atom. The van der Waals surface area contributed by atoms with Crippen molar-refractivity contribution in [2.24, 2.45) is 52.4 Å². The van der Waals surface area contributed by atoms with Gasteiger partial charge in [-0.25, -0.2) is 0 Å². The topological polar surface area (TPSA) is 52.0 Å². The largest absolute Gasteiger partial charge is 0.327 e. The molecule has 0 radical (unpaired) electrons. The van der Waals surface area contributed by atoms with Gasteiger partial charge in [-0.3, -0.25) is 0 Å². The van der Waals surface area contributed by atoms with E-state index in [2.05, 4.69) is 41.5 Å². The predicted molar refractivity (Wildman–Crippen MR) is 101 cm³/mol. The average molecular weight is 323 g/mol. The highest BCUT2D eigenvalue weighted by Gasteiger charge is 2.51. The summed E-state index contributed by atoms with van der Waals surface area (Å²) in [4.78, 5) is 0. The molecule has 2 aliphatic rings. The van der Waals surface area contributed by atoms with Gasteiger partial charge in [0.05, 0.1) is 0 Å². The molecule has 0 spiro atoms. The zero-order valence-corrected chi connectivity index (χ0v) is 16.5. The van der Waals surface area contributed by atoms with E-state index in [0.717, 1.165) is 23.7 Å². The van der Waals surface area contributed by atoms with Gasteiger partial charge in [-0.1, -0.05) is 41.5 Å². The molecule has 0 aromatic rings. The van der Waals surface area contributed by atoms with E-state index in [0.29, 0.717) is 29.3 Å². The Balaban J connectivity index is 2.32. The maximum absolute atomic E-state index is 6.34.